The third-order valence-corrected chi connectivity index (χ3v) is 2.36. The third kappa shape index (κ3) is 3.35. The fourth-order valence-electron chi connectivity index (χ4n) is 1.02. The Bertz CT molecular complexity index is 276. The summed E-state index contributed by atoms with van der Waals surface area (Å²) in [5, 5.41) is 1.30. The second kappa shape index (κ2) is 5.71. The maximum absolute atomic E-state index is 5.94. The quantitative estimate of drug-likeness (QED) is 0.835. The molecule has 13 heavy (non-hydrogen) atoms. The van der Waals surface area contributed by atoms with Crippen LogP contribution in [0.15, 0.2) is 18.2 Å². The molecule has 0 heterocycles. The molecule has 4 heteroatoms. The summed E-state index contributed by atoms with van der Waals surface area (Å²) >= 11 is 11.7. The van der Waals surface area contributed by atoms with Gasteiger partial charge in [0.05, 0.1) is 0 Å². The maximum atomic E-state index is 5.94. The molecule has 1 rings (SSSR count). The summed E-state index contributed by atoms with van der Waals surface area (Å²) in [4.78, 5) is 0. The van der Waals surface area contributed by atoms with Crippen molar-refractivity contribution in [1.82, 2.24) is 0 Å². The van der Waals surface area contributed by atoms with Crippen molar-refractivity contribution in [3.8, 4) is 0 Å². The van der Waals surface area contributed by atoms with Crippen molar-refractivity contribution in [1.29, 1.82) is 0 Å². The minimum absolute atomic E-state index is 0. The molecule has 0 saturated carbocycles. The van der Waals surface area contributed by atoms with E-state index in [1.54, 1.807) is 12.1 Å². The third-order valence-electron chi connectivity index (χ3n) is 1.80. The largest absolute Gasteiger partial charge is 0.324 e. The summed E-state index contributed by atoms with van der Waals surface area (Å²) in [5.74, 6) is 0. The molecular formula is C9H12Cl3N. The Labute approximate surface area is 94.6 Å². The van der Waals surface area contributed by atoms with Gasteiger partial charge in [0.1, 0.15) is 0 Å². The summed E-state index contributed by atoms with van der Waals surface area (Å²) in [6.07, 6.45) is 0.876. The first kappa shape index (κ1) is 13.1. The number of rotatable bonds is 2. The van der Waals surface area contributed by atoms with Crippen LogP contribution in [0.5, 0.6) is 0 Å². The zero-order chi connectivity index (χ0) is 9.14. The normalized spacial score (nSPS) is 12.0. The van der Waals surface area contributed by atoms with Crippen LogP contribution in [0.25, 0.3) is 0 Å². The van der Waals surface area contributed by atoms with Gasteiger partial charge in [-0.1, -0.05) is 36.2 Å². The molecule has 0 aliphatic rings. The molecule has 0 aliphatic heterocycles. The second-order valence-corrected chi connectivity index (χ2v) is 3.52. The van der Waals surface area contributed by atoms with Gasteiger partial charge in [0.15, 0.2) is 0 Å². The minimum Gasteiger partial charge on any atom is -0.324 e. The van der Waals surface area contributed by atoms with E-state index >= 15 is 0 Å². The lowest BCUT2D eigenvalue weighted by Crippen LogP contribution is -2.08. The predicted octanol–water partition coefficient (Wildman–Crippen LogP) is 3.83. The number of nitrogens with two attached hydrogens (primary N) is 1. The molecule has 2 N–H and O–H groups in total. The first-order valence-electron chi connectivity index (χ1n) is 3.85. The van der Waals surface area contributed by atoms with Crippen LogP contribution in [0, 0.1) is 0 Å². The molecule has 1 aromatic carbocycles. The average molecular weight is 241 g/mol. The molecule has 0 saturated heterocycles. The second-order valence-electron chi connectivity index (χ2n) is 2.68. The molecule has 0 spiro atoms. The highest BCUT2D eigenvalue weighted by Gasteiger charge is 2.07. The van der Waals surface area contributed by atoms with Crippen molar-refractivity contribution in [2.75, 3.05) is 0 Å². The summed E-state index contributed by atoms with van der Waals surface area (Å²) in [7, 11) is 0. The monoisotopic (exact) mass is 239 g/mol. The highest BCUT2D eigenvalue weighted by molar-refractivity contribution is 6.35. The van der Waals surface area contributed by atoms with Gasteiger partial charge in [0, 0.05) is 16.1 Å². The maximum Gasteiger partial charge on any atom is 0.0468 e. The zero-order valence-corrected chi connectivity index (χ0v) is 9.59. The van der Waals surface area contributed by atoms with Crippen molar-refractivity contribution >= 4 is 35.6 Å². The van der Waals surface area contributed by atoms with Crippen LogP contribution >= 0.6 is 35.6 Å². The Balaban J connectivity index is 0.00000144. The van der Waals surface area contributed by atoms with Crippen molar-refractivity contribution in [3.05, 3.63) is 33.8 Å². The summed E-state index contributed by atoms with van der Waals surface area (Å²) < 4.78 is 0. The van der Waals surface area contributed by atoms with E-state index in [2.05, 4.69) is 0 Å². The van der Waals surface area contributed by atoms with Gasteiger partial charge < -0.3 is 5.73 Å². The molecule has 0 fully saturated rings. The number of hydrogen-bond donors (Lipinski definition) is 1. The highest BCUT2D eigenvalue weighted by atomic mass is 35.5. The Kier molecular flexibility index (Phi) is 5.73. The van der Waals surface area contributed by atoms with Gasteiger partial charge in [-0.2, -0.15) is 0 Å². The Morgan fingerprint density at radius 1 is 1.38 bits per heavy atom. The van der Waals surface area contributed by atoms with Gasteiger partial charge in [-0.05, 0) is 24.1 Å². The smallest absolute Gasteiger partial charge is 0.0468 e. The van der Waals surface area contributed by atoms with Crippen LogP contribution in [0.3, 0.4) is 0 Å². The molecule has 1 unspecified atom stereocenters. The molecule has 1 atom stereocenters. The zero-order valence-electron chi connectivity index (χ0n) is 7.26. The van der Waals surface area contributed by atoms with E-state index in [9.17, 15) is 0 Å². The van der Waals surface area contributed by atoms with Gasteiger partial charge >= 0.3 is 0 Å². The Morgan fingerprint density at radius 2 is 2.00 bits per heavy atom. The van der Waals surface area contributed by atoms with E-state index in [-0.39, 0.29) is 18.4 Å². The fraction of sp³-hybridized carbons (Fsp3) is 0.333. The average Bonchev–Trinajstić information content (AvgIpc) is 2.03. The molecule has 0 amide bonds. The van der Waals surface area contributed by atoms with Crippen LogP contribution in [0.1, 0.15) is 24.9 Å². The fourth-order valence-corrected chi connectivity index (χ4v) is 1.57. The molecule has 1 aromatic rings. The van der Waals surface area contributed by atoms with E-state index in [4.69, 9.17) is 28.9 Å². The van der Waals surface area contributed by atoms with Crippen LogP contribution in [-0.2, 0) is 0 Å². The first-order valence-corrected chi connectivity index (χ1v) is 4.61. The van der Waals surface area contributed by atoms with E-state index in [0.717, 1.165) is 12.0 Å². The number of hydrogen-bond acceptors (Lipinski definition) is 1. The van der Waals surface area contributed by atoms with Crippen LogP contribution in [0.2, 0.25) is 10.0 Å². The molecule has 0 aromatic heterocycles. The summed E-state index contributed by atoms with van der Waals surface area (Å²) in [5.41, 5.74) is 6.78. The molecule has 0 radical (unpaired) electrons. The topological polar surface area (TPSA) is 26.0 Å². The van der Waals surface area contributed by atoms with Crippen LogP contribution in [0.4, 0.5) is 0 Å². The van der Waals surface area contributed by atoms with Gasteiger partial charge in [-0.3, -0.25) is 0 Å². The van der Waals surface area contributed by atoms with Crippen LogP contribution in [-0.4, -0.2) is 0 Å². The lowest BCUT2D eigenvalue weighted by molar-refractivity contribution is 0.699. The lowest BCUT2D eigenvalue weighted by Gasteiger charge is -2.10. The Morgan fingerprint density at radius 3 is 2.46 bits per heavy atom. The molecule has 1 nitrogen and oxygen atoms in total. The predicted molar refractivity (Wildman–Crippen MR) is 60.9 cm³/mol. The van der Waals surface area contributed by atoms with E-state index in [0.29, 0.717) is 10.0 Å². The SMILES string of the molecule is CCC(N)c1ccc(Cl)cc1Cl.Cl. The van der Waals surface area contributed by atoms with Crippen LogP contribution < -0.4 is 5.73 Å². The van der Waals surface area contributed by atoms with Gasteiger partial charge in [-0.25, -0.2) is 0 Å². The standard InChI is InChI=1S/C9H11Cl2N.ClH/c1-2-9(12)7-4-3-6(10)5-8(7)11;/h3-5,9H,2,12H2,1H3;1H. The molecule has 74 valence electrons. The van der Waals surface area contributed by atoms with E-state index in [1.807, 2.05) is 13.0 Å². The number of halogens is 3. The minimum atomic E-state index is 0. The van der Waals surface area contributed by atoms with Crippen molar-refractivity contribution in [2.45, 2.75) is 19.4 Å². The lowest BCUT2D eigenvalue weighted by atomic mass is 10.1. The van der Waals surface area contributed by atoms with Crippen molar-refractivity contribution < 1.29 is 0 Å². The molecule has 0 bridgehead atoms. The van der Waals surface area contributed by atoms with E-state index in [1.165, 1.54) is 0 Å². The van der Waals surface area contributed by atoms with Crippen molar-refractivity contribution in [3.63, 3.8) is 0 Å². The van der Waals surface area contributed by atoms with Crippen molar-refractivity contribution in [2.24, 2.45) is 5.73 Å². The van der Waals surface area contributed by atoms with Gasteiger partial charge in [0.25, 0.3) is 0 Å². The first-order chi connectivity index (χ1) is 5.65. The summed E-state index contributed by atoms with van der Waals surface area (Å²) in [6, 6.07) is 5.40. The van der Waals surface area contributed by atoms with Gasteiger partial charge in [0.2, 0.25) is 0 Å². The highest BCUT2D eigenvalue weighted by Crippen LogP contribution is 2.26. The number of benzene rings is 1. The summed E-state index contributed by atoms with van der Waals surface area (Å²) in [6.45, 7) is 2.02. The van der Waals surface area contributed by atoms with E-state index < -0.39 is 0 Å². The van der Waals surface area contributed by atoms with Gasteiger partial charge in [-0.15, -0.1) is 12.4 Å². The molecule has 0 aliphatic carbocycles. The Hall–Kier alpha value is 0.0500. The molecular weight excluding hydrogens is 228 g/mol.